The lowest BCUT2D eigenvalue weighted by Gasteiger charge is -2.19. The minimum absolute atomic E-state index is 0.264. The summed E-state index contributed by atoms with van der Waals surface area (Å²) in [4.78, 5) is 32.3. The van der Waals surface area contributed by atoms with Gasteiger partial charge in [-0.3, -0.25) is 14.4 Å². The Morgan fingerprint density at radius 3 is 1.56 bits per heavy atom. The van der Waals surface area contributed by atoms with E-state index in [0.29, 0.717) is 0 Å². The summed E-state index contributed by atoms with van der Waals surface area (Å²) in [6.07, 6.45) is 0. The van der Waals surface area contributed by atoms with Crippen LogP contribution >= 0.6 is 0 Å². The standard InChI is InChI=1S/C10H10O4.C9H10O2/c1-10(8(11)12,9(13)14)7-5-3-2-4-6-7;1-7(9(10)11)8-5-3-2-4-6-8/h2-6H,1H3,(H,11,12)(H,13,14);2-7H,1H3,(H,10,11)/t;7-/m.1/s1. The Morgan fingerprint density at radius 1 is 0.800 bits per heavy atom. The van der Waals surface area contributed by atoms with Crippen LogP contribution in [0.15, 0.2) is 60.7 Å². The van der Waals surface area contributed by atoms with Gasteiger partial charge in [-0.25, -0.2) is 0 Å². The molecule has 2 rings (SSSR count). The molecular formula is C19H20O6. The molecule has 132 valence electrons. The lowest BCUT2D eigenvalue weighted by Crippen LogP contribution is -2.40. The molecule has 0 aliphatic heterocycles. The molecule has 0 fully saturated rings. The second-order valence-electron chi connectivity index (χ2n) is 5.57. The summed E-state index contributed by atoms with van der Waals surface area (Å²) in [6, 6.07) is 17.1. The van der Waals surface area contributed by atoms with Crippen molar-refractivity contribution in [3.8, 4) is 0 Å². The number of carboxylic acid groups (broad SMARTS) is 3. The van der Waals surface area contributed by atoms with Gasteiger partial charge in [0.05, 0.1) is 5.92 Å². The number of hydrogen-bond acceptors (Lipinski definition) is 3. The molecule has 0 bridgehead atoms. The second kappa shape index (κ2) is 8.63. The van der Waals surface area contributed by atoms with Gasteiger partial charge in [-0.15, -0.1) is 0 Å². The van der Waals surface area contributed by atoms with E-state index >= 15 is 0 Å². The predicted molar refractivity (Wildman–Crippen MR) is 91.6 cm³/mol. The normalized spacial score (nSPS) is 11.6. The third-order valence-electron chi connectivity index (χ3n) is 3.88. The van der Waals surface area contributed by atoms with Crippen LogP contribution in [0, 0.1) is 0 Å². The molecule has 2 aromatic rings. The number of carbonyl (C=O) groups is 3. The zero-order valence-corrected chi connectivity index (χ0v) is 13.9. The van der Waals surface area contributed by atoms with Gasteiger partial charge in [-0.05, 0) is 25.0 Å². The first-order valence-corrected chi connectivity index (χ1v) is 7.51. The average molecular weight is 344 g/mol. The Hall–Kier alpha value is -3.15. The van der Waals surface area contributed by atoms with Crippen molar-refractivity contribution in [1.82, 2.24) is 0 Å². The van der Waals surface area contributed by atoms with Crippen molar-refractivity contribution in [2.75, 3.05) is 0 Å². The van der Waals surface area contributed by atoms with Crippen LogP contribution in [0.1, 0.15) is 30.9 Å². The van der Waals surface area contributed by atoms with E-state index in [1.165, 1.54) is 19.1 Å². The van der Waals surface area contributed by atoms with Gasteiger partial charge in [0.25, 0.3) is 0 Å². The second-order valence-corrected chi connectivity index (χ2v) is 5.57. The van der Waals surface area contributed by atoms with E-state index < -0.39 is 29.2 Å². The largest absolute Gasteiger partial charge is 0.481 e. The Labute approximate surface area is 145 Å². The van der Waals surface area contributed by atoms with Crippen LogP contribution in [-0.4, -0.2) is 33.2 Å². The fourth-order valence-electron chi connectivity index (χ4n) is 1.99. The zero-order chi connectivity index (χ0) is 19.0. The minimum atomic E-state index is -1.87. The molecule has 3 N–H and O–H groups in total. The van der Waals surface area contributed by atoms with E-state index in [1.807, 2.05) is 30.3 Å². The highest BCUT2D eigenvalue weighted by Crippen LogP contribution is 2.24. The Morgan fingerprint density at radius 2 is 1.20 bits per heavy atom. The molecule has 0 saturated carbocycles. The number of aliphatic carboxylic acids is 3. The van der Waals surface area contributed by atoms with Crippen LogP contribution in [-0.2, 0) is 19.8 Å². The van der Waals surface area contributed by atoms with Crippen LogP contribution < -0.4 is 0 Å². The highest BCUT2D eigenvalue weighted by atomic mass is 16.4. The Bertz CT molecular complexity index is 710. The van der Waals surface area contributed by atoms with Crippen LogP contribution in [0.25, 0.3) is 0 Å². The lowest BCUT2D eigenvalue weighted by atomic mass is 9.83. The number of carboxylic acids is 3. The van der Waals surface area contributed by atoms with Crippen LogP contribution in [0.3, 0.4) is 0 Å². The fraction of sp³-hybridized carbons (Fsp3) is 0.211. The molecule has 0 aliphatic rings. The minimum Gasteiger partial charge on any atom is -0.481 e. The zero-order valence-electron chi connectivity index (χ0n) is 13.9. The molecule has 0 heterocycles. The first-order chi connectivity index (χ1) is 11.7. The summed E-state index contributed by atoms with van der Waals surface area (Å²) in [5.41, 5.74) is -0.763. The topological polar surface area (TPSA) is 112 Å². The van der Waals surface area contributed by atoms with E-state index in [4.69, 9.17) is 15.3 Å². The van der Waals surface area contributed by atoms with Crippen molar-refractivity contribution >= 4 is 17.9 Å². The summed E-state index contributed by atoms with van der Waals surface area (Å²) in [5, 5.41) is 26.4. The highest BCUT2D eigenvalue weighted by molar-refractivity contribution is 6.04. The maximum absolute atomic E-state index is 10.9. The molecule has 0 saturated heterocycles. The van der Waals surface area contributed by atoms with Gasteiger partial charge < -0.3 is 15.3 Å². The first-order valence-electron chi connectivity index (χ1n) is 7.51. The van der Waals surface area contributed by atoms with E-state index in [-0.39, 0.29) is 5.56 Å². The van der Waals surface area contributed by atoms with Gasteiger partial charge in [0, 0.05) is 0 Å². The molecule has 25 heavy (non-hydrogen) atoms. The van der Waals surface area contributed by atoms with Gasteiger partial charge in [0.2, 0.25) is 0 Å². The quantitative estimate of drug-likeness (QED) is 0.719. The average Bonchev–Trinajstić information content (AvgIpc) is 2.61. The van der Waals surface area contributed by atoms with E-state index in [2.05, 4.69) is 0 Å². The molecule has 0 aromatic heterocycles. The fourth-order valence-corrected chi connectivity index (χ4v) is 1.99. The molecule has 1 atom stereocenters. The SMILES string of the molecule is CC(C(=O)O)(C(=O)O)c1ccccc1.C[C@@H](C(=O)O)c1ccccc1. The van der Waals surface area contributed by atoms with Gasteiger partial charge in [-0.1, -0.05) is 60.7 Å². The maximum atomic E-state index is 10.9. The molecule has 0 amide bonds. The number of hydrogen-bond donors (Lipinski definition) is 3. The van der Waals surface area contributed by atoms with Gasteiger partial charge >= 0.3 is 17.9 Å². The van der Waals surface area contributed by atoms with Crippen molar-refractivity contribution in [2.24, 2.45) is 0 Å². The smallest absolute Gasteiger partial charge is 0.325 e. The van der Waals surface area contributed by atoms with Crippen LogP contribution in [0.2, 0.25) is 0 Å². The third-order valence-corrected chi connectivity index (χ3v) is 3.88. The van der Waals surface area contributed by atoms with E-state index in [0.717, 1.165) is 5.56 Å². The molecule has 6 nitrogen and oxygen atoms in total. The number of benzene rings is 2. The summed E-state index contributed by atoms with van der Waals surface area (Å²) >= 11 is 0. The van der Waals surface area contributed by atoms with Crippen LogP contribution in [0.5, 0.6) is 0 Å². The Kier molecular flexibility index (Phi) is 6.87. The predicted octanol–water partition coefficient (Wildman–Crippen LogP) is 2.99. The highest BCUT2D eigenvalue weighted by Gasteiger charge is 2.43. The van der Waals surface area contributed by atoms with Gasteiger partial charge in [0.1, 0.15) is 0 Å². The number of rotatable bonds is 5. The Balaban J connectivity index is 0.000000257. The third kappa shape index (κ3) is 4.91. The van der Waals surface area contributed by atoms with E-state index in [9.17, 15) is 14.4 Å². The summed E-state index contributed by atoms with van der Waals surface area (Å²) < 4.78 is 0. The summed E-state index contributed by atoms with van der Waals surface area (Å²) in [6.45, 7) is 2.85. The van der Waals surface area contributed by atoms with Crippen LogP contribution in [0.4, 0.5) is 0 Å². The molecule has 0 aliphatic carbocycles. The molecule has 2 aromatic carbocycles. The lowest BCUT2D eigenvalue weighted by molar-refractivity contribution is -0.156. The summed E-state index contributed by atoms with van der Waals surface area (Å²) in [5.74, 6) is -3.92. The van der Waals surface area contributed by atoms with Crippen molar-refractivity contribution in [3.63, 3.8) is 0 Å². The van der Waals surface area contributed by atoms with E-state index in [1.54, 1.807) is 25.1 Å². The summed E-state index contributed by atoms with van der Waals surface area (Å²) in [7, 11) is 0. The molecule has 0 radical (unpaired) electrons. The van der Waals surface area contributed by atoms with Crippen molar-refractivity contribution in [2.45, 2.75) is 25.2 Å². The molecule has 6 heteroatoms. The first kappa shape index (κ1) is 19.9. The molecule has 0 spiro atoms. The molecular weight excluding hydrogens is 324 g/mol. The monoisotopic (exact) mass is 344 g/mol. The van der Waals surface area contributed by atoms with Crippen molar-refractivity contribution in [3.05, 3.63) is 71.8 Å². The van der Waals surface area contributed by atoms with Crippen molar-refractivity contribution in [1.29, 1.82) is 0 Å². The van der Waals surface area contributed by atoms with Gasteiger partial charge in [0.15, 0.2) is 5.41 Å². The maximum Gasteiger partial charge on any atom is 0.325 e. The molecule has 0 unspecified atom stereocenters. The van der Waals surface area contributed by atoms with Gasteiger partial charge in [-0.2, -0.15) is 0 Å². The van der Waals surface area contributed by atoms with Crippen molar-refractivity contribution < 1.29 is 29.7 Å².